The van der Waals surface area contributed by atoms with E-state index in [1.807, 2.05) is 6.20 Å². The Kier molecular flexibility index (Phi) is 5.81. The lowest BCUT2D eigenvalue weighted by molar-refractivity contribution is 0.238. The Morgan fingerprint density at radius 2 is 2.05 bits per heavy atom. The van der Waals surface area contributed by atoms with E-state index in [2.05, 4.69) is 29.5 Å². The number of urea groups is 1. The summed E-state index contributed by atoms with van der Waals surface area (Å²) in [5.41, 5.74) is 1.92. The molecule has 2 rings (SSSR count). The van der Waals surface area contributed by atoms with Crippen LogP contribution in [0.1, 0.15) is 32.3 Å². The highest BCUT2D eigenvalue weighted by Crippen LogP contribution is 2.19. The zero-order valence-corrected chi connectivity index (χ0v) is 13.2. The number of nitrogens with one attached hydrogen (secondary N) is 3. The fourth-order valence-corrected chi connectivity index (χ4v) is 2.55. The Morgan fingerprint density at radius 3 is 2.77 bits per heavy atom. The largest absolute Gasteiger partial charge is 0.361 e. The van der Waals surface area contributed by atoms with Gasteiger partial charge in [-0.25, -0.2) is 9.18 Å². The number of hydrogen-bond donors (Lipinski definition) is 3. The first-order chi connectivity index (χ1) is 10.6. The second-order valence-corrected chi connectivity index (χ2v) is 5.57. The maximum atomic E-state index is 13.3. The molecular formula is C17H24FN3O. The smallest absolute Gasteiger partial charge is 0.314 e. The highest BCUT2D eigenvalue weighted by Gasteiger charge is 2.07. The SMILES string of the molecule is CCC(CC)CNC(=O)NCCc1c[nH]c2ccc(F)cc12. The maximum Gasteiger partial charge on any atom is 0.314 e. The predicted molar refractivity (Wildman–Crippen MR) is 87.4 cm³/mol. The van der Waals surface area contributed by atoms with E-state index in [4.69, 9.17) is 0 Å². The van der Waals surface area contributed by atoms with Gasteiger partial charge in [-0.2, -0.15) is 0 Å². The van der Waals surface area contributed by atoms with Gasteiger partial charge in [0.25, 0.3) is 0 Å². The Balaban J connectivity index is 1.80. The minimum atomic E-state index is -0.246. The van der Waals surface area contributed by atoms with Gasteiger partial charge in [0.15, 0.2) is 0 Å². The molecule has 1 aromatic heterocycles. The van der Waals surface area contributed by atoms with Crippen LogP contribution in [0.4, 0.5) is 9.18 Å². The summed E-state index contributed by atoms with van der Waals surface area (Å²) in [5.74, 6) is 0.284. The summed E-state index contributed by atoms with van der Waals surface area (Å²) in [6.45, 7) is 5.49. The molecule has 22 heavy (non-hydrogen) atoms. The van der Waals surface area contributed by atoms with Crippen LogP contribution >= 0.6 is 0 Å². The van der Waals surface area contributed by atoms with Crippen LogP contribution in [0.15, 0.2) is 24.4 Å². The first-order valence-corrected chi connectivity index (χ1v) is 7.91. The molecule has 0 atom stereocenters. The van der Waals surface area contributed by atoms with Crippen molar-refractivity contribution in [3.05, 3.63) is 35.8 Å². The van der Waals surface area contributed by atoms with Crippen molar-refractivity contribution >= 4 is 16.9 Å². The molecule has 0 saturated heterocycles. The van der Waals surface area contributed by atoms with E-state index >= 15 is 0 Å². The fourth-order valence-electron chi connectivity index (χ4n) is 2.55. The van der Waals surface area contributed by atoms with E-state index in [0.29, 0.717) is 25.4 Å². The molecule has 0 aliphatic carbocycles. The average Bonchev–Trinajstić information content (AvgIpc) is 2.91. The highest BCUT2D eigenvalue weighted by atomic mass is 19.1. The van der Waals surface area contributed by atoms with Gasteiger partial charge in [0.1, 0.15) is 5.82 Å². The molecule has 3 N–H and O–H groups in total. The number of aromatic amines is 1. The molecule has 2 aromatic rings. The molecule has 0 aliphatic rings. The molecular weight excluding hydrogens is 281 g/mol. The van der Waals surface area contributed by atoms with Gasteiger partial charge in [-0.05, 0) is 36.1 Å². The number of H-pyrrole nitrogens is 1. The molecule has 0 aliphatic heterocycles. The molecule has 2 amide bonds. The van der Waals surface area contributed by atoms with Crippen LogP contribution in [0.5, 0.6) is 0 Å². The second kappa shape index (κ2) is 7.82. The van der Waals surface area contributed by atoms with Crippen molar-refractivity contribution in [2.24, 2.45) is 5.92 Å². The van der Waals surface area contributed by atoms with Crippen molar-refractivity contribution in [3.8, 4) is 0 Å². The van der Waals surface area contributed by atoms with Crippen molar-refractivity contribution in [1.29, 1.82) is 0 Å². The van der Waals surface area contributed by atoms with Gasteiger partial charge in [0.2, 0.25) is 0 Å². The minimum absolute atomic E-state index is 0.141. The van der Waals surface area contributed by atoms with Crippen LogP contribution in [-0.2, 0) is 6.42 Å². The van der Waals surface area contributed by atoms with Gasteiger partial charge in [-0.1, -0.05) is 26.7 Å². The van der Waals surface area contributed by atoms with E-state index in [0.717, 1.165) is 29.3 Å². The monoisotopic (exact) mass is 305 g/mol. The van der Waals surface area contributed by atoms with Gasteiger partial charge >= 0.3 is 6.03 Å². The molecule has 1 heterocycles. The summed E-state index contributed by atoms with van der Waals surface area (Å²) in [7, 11) is 0. The molecule has 120 valence electrons. The molecule has 0 fully saturated rings. The number of benzene rings is 1. The molecule has 0 radical (unpaired) electrons. The Bertz CT molecular complexity index is 619. The summed E-state index contributed by atoms with van der Waals surface area (Å²) in [6.07, 6.45) is 4.67. The first kappa shape index (κ1) is 16.3. The third kappa shape index (κ3) is 4.23. The van der Waals surface area contributed by atoms with Gasteiger partial charge in [-0.15, -0.1) is 0 Å². The van der Waals surface area contributed by atoms with Crippen molar-refractivity contribution in [2.75, 3.05) is 13.1 Å². The number of carbonyl (C=O) groups excluding carboxylic acids is 1. The third-order valence-corrected chi connectivity index (χ3v) is 4.12. The number of hydrogen-bond acceptors (Lipinski definition) is 1. The highest BCUT2D eigenvalue weighted by molar-refractivity contribution is 5.83. The van der Waals surface area contributed by atoms with E-state index in [9.17, 15) is 9.18 Å². The maximum absolute atomic E-state index is 13.3. The zero-order valence-electron chi connectivity index (χ0n) is 13.2. The standard InChI is InChI=1S/C17H24FN3O/c1-3-12(4-2)10-21-17(22)19-8-7-13-11-20-16-6-5-14(18)9-15(13)16/h5-6,9,11-12,20H,3-4,7-8,10H2,1-2H3,(H2,19,21,22). The number of carbonyl (C=O) groups is 1. The molecule has 0 bridgehead atoms. The van der Waals surface area contributed by atoms with Crippen LogP contribution < -0.4 is 10.6 Å². The number of rotatable bonds is 7. The number of aromatic nitrogens is 1. The van der Waals surface area contributed by atoms with E-state index in [1.165, 1.54) is 12.1 Å². The molecule has 5 heteroatoms. The van der Waals surface area contributed by atoms with Crippen LogP contribution in [0.2, 0.25) is 0 Å². The lowest BCUT2D eigenvalue weighted by atomic mass is 10.0. The quantitative estimate of drug-likeness (QED) is 0.719. The van der Waals surface area contributed by atoms with E-state index < -0.39 is 0 Å². The minimum Gasteiger partial charge on any atom is -0.361 e. The van der Waals surface area contributed by atoms with E-state index in [1.54, 1.807) is 6.07 Å². The predicted octanol–water partition coefficient (Wildman–Crippen LogP) is 3.58. The fraction of sp³-hybridized carbons (Fsp3) is 0.471. The normalized spacial score (nSPS) is 11.1. The van der Waals surface area contributed by atoms with Crippen LogP contribution in [0.3, 0.4) is 0 Å². The summed E-state index contributed by atoms with van der Waals surface area (Å²) in [4.78, 5) is 14.8. The van der Waals surface area contributed by atoms with Gasteiger partial charge < -0.3 is 15.6 Å². The zero-order chi connectivity index (χ0) is 15.9. The number of fused-ring (bicyclic) bond motifs is 1. The number of halogens is 1. The first-order valence-electron chi connectivity index (χ1n) is 7.91. The Hall–Kier alpha value is -2.04. The van der Waals surface area contributed by atoms with Crippen molar-refractivity contribution in [2.45, 2.75) is 33.1 Å². The van der Waals surface area contributed by atoms with E-state index in [-0.39, 0.29) is 11.8 Å². The molecule has 0 spiro atoms. The lowest BCUT2D eigenvalue weighted by Crippen LogP contribution is -2.39. The second-order valence-electron chi connectivity index (χ2n) is 5.57. The molecule has 0 unspecified atom stereocenters. The molecule has 1 aromatic carbocycles. The van der Waals surface area contributed by atoms with Gasteiger partial charge in [0, 0.05) is 30.2 Å². The molecule has 4 nitrogen and oxygen atoms in total. The van der Waals surface area contributed by atoms with Crippen molar-refractivity contribution in [1.82, 2.24) is 15.6 Å². The summed E-state index contributed by atoms with van der Waals surface area (Å²) in [5, 5.41) is 6.61. The van der Waals surface area contributed by atoms with Crippen LogP contribution in [0, 0.1) is 11.7 Å². The third-order valence-electron chi connectivity index (χ3n) is 4.12. The Morgan fingerprint density at radius 1 is 1.27 bits per heavy atom. The summed E-state index contributed by atoms with van der Waals surface area (Å²) in [6, 6.07) is 4.54. The van der Waals surface area contributed by atoms with Crippen molar-refractivity contribution < 1.29 is 9.18 Å². The molecule has 0 saturated carbocycles. The van der Waals surface area contributed by atoms with Gasteiger partial charge in [0.05, 0.1) is 0 Å². The number of amides is 2. The Labute approximate surface area is 130 Å². The summed E-state index contributed by atoms with van der Waals surface area (Å²) >= 11 is 0. The van der Waals surface area contributed by atoms with Crippen LogP contribution in [-0.4, -0.2) is 24.1 Å². The topological polar surface area (TPSA) is 56.9 Å². The summed E-state index contributed by atoms with van der Waals surface area (Å²) < 4.78 is 13.3. The van der Waals surface area contributed by atoms with Crippen LogP contribution in [0.25, 0.3) is 10.9 Å². The average molecular weight is 305 g/mol. The van der Waals surface area contributed by atoms with Crippen molar-refractivity contribution in [3.63, 3.8) is 0 Å². The van der Waals surface area contributed by atoms with Gasteiger partial charge in [-0.3, -0.25) is 0 Å². The lowest BCUT2D eigenvalue weighted by Gasteiger charge is -2.13.